The molecule has 7 heteroatoms. The highest BCUT2D eigenvalue weighted by Crippen LogP contribution is 2.39. The van der Waals surface area contributed by atoms with E-state index in [1.807, 2.05) is 19.1 Å². The molecule has 1 aliphatic carbocycles. The van der Waals surface area contributed by atoms with Crippen molar-refractivity contribution >= 4 is 34.2 Å². The number of hydrogen-bond donors (Lipinski definition) is 2. The van der Waals surface area contributed by atoms with Crippen molar-refractivity contribution in [2.45, 2.75) is 40.0 Å². The van der Waals surface area contributed by atoms with Gasteiger partial charge < -0.3 is 10.1 Å². The molecule has 0 saturated heterocycles. The van der Waals surface area contributed by atoms with Crippen LogP contribution in [0.1, 0.15) is 57.0 Å². The van der Waals surface area contributed by atoms with Crippen molar-refractivity contribution in [3.63, 3.8) is 0 Å². The van der Waals surface area contributed by atoms with Gasteiger partial charge in [0.15, 0.2) is 0 Å². The van der Waals surface area contributed by atoms with Gasteiger partial charge >= 0.3 is 6.09 Å². The van der Waals surface area contributed by atoms with Gasteiger partial charge in [-0.1, -0.05) is 24.6 Å². The zero-order valence-electron chi connectivity index (χ0n) is 16.3. The van der Waals surface area contributed by atoms with Crippen LogP contribution in [-0.2, 0) is 17.6 Å². The Balaban J connectivity index is 1.92. The molecule has 0 aliphatic heterocycles. The molecule has 0 radical (unpaired) electrons. The number of carbonyl (C=O) groups excluding carboxylic acids is 3. The van der Waals surface area contributed by atoms with E-state index in [-0.39, 0.29) is 12.5 Å². The SMILES string of the molecule is CCOC(=O)NC(=O)c1c(NC(=O)c2cccc(C)c2)sc2c1CC[C@@H](C)C2. The lowest BCUT2D eigenvalue weighted by Crippen LogP contribution is -2.32. The molecule has 0 bridgehead atoms. The quantitative estimate of drug-likeness (QED) is 0.800. The summed E-state index contributed by atoms with van der Waals surface area (Å²) in [5, 5.41) is 5.62. The second-order valence-corrected chi connectivity index (χ2v) is 8.16. The fourth-order valence-corrected chi connectivity index (χ4v) is 4.77. The molecule has 0 fully saturated rings. The Morgan fingerprint density at radius 3 is 2.75 bits per heavy atom. The molecule has 3 amide bonds. The Hall–Kier alpha value is -2.67. The van der Waals surface area contributed by atoms with Gasteiger partial charge in [-0.15, -0.1) is 11.3 Å². The Morgan fingerprint density at radius 1 is 1.25 bits per heavy atom. The van der Waals surface area contributed by atoms with Crippen molar-refractivity contribution < 1.29 is 19.1 Å². The molecule has 1 aliphatic rings. The summed E-state index contributed by atoms with van der Waals surface area (Å²) in [6, 6.07) is 7.26. The normalized spacial score (nSPS) is 15.5. The molecule has 3 rings (SSSR count). The van der Waals surface area contributed by atoms with Crippen molar-refractivity contribution in [2.24, 2.45) is 5.92 Å². The van der Waals surface area contributed by atoms with Crippen LogP contribution in [0, 0.1) is 12.8 Å². The van der Waals surface area contributed by atoms with E-state index in [0.29, 0.717) is 22.0 Å². The number of hydrogen-bond acceptors (Lipinski definition) is 5. The first-order valence-corrected chi connectivity index (χ1v) is 10.2. The second kappa shape index (κ2) is 8.56. The smallest absolute Gasteiger partial charge is 0.414 e. The molecule has 0 unspecified atom stereocenters. The molecular weight excluding hydrogens is 376 g/mol. The molecule has 1 aromatic heterocycles. The summed E-state index contributed by atoms with van der Waals surface area (Å²) in [4.78, 5) is 38.3. The maximum atomic E-state index is 12.8. The highest BCUT2D eigenvalue weighted by atomic mass is 32.1. The second-order valence-electron chi connectivity index (χ2n) is 7.05. The maximum Gasteiger partial charge on any atom is 0.414 e. The number of ether oxygens (including phenoxy) is 1. The highest BCUT2D eigenvalue weighted by Gasteiger charge is 2.29. The first kappa shape index (κ1) is 20.1. The summed E-state index contributed by atoms with van der Waals surface area (Å²) >= 11 is 1.42. The Labute approximate surface area is 168 Å². The van der Waals surface area contributed by atoms with E-state index in [1.165, 1.54) is 11.3 Å². The molecule has 1 atom stereocenters. The van der Waals surface area contributed by atoms with E-state index >= 15 is 0 Å². The van der Waals surface area contributed by atoms with E-state index in [0.717, 1.165) is 35.3 Å². The number of aryl methyl sites for hydroxylation is 1. The fourth-order valence-electron chi connectivity index (χ4n) is 3.36. The lowest BCUT2D eigenvalue weighted by Gasteiger charge is -2.18. The molecule has 2 aromatic rings. The van der Waals surface area contributed by atoms with Gasteiger partial charge in [0.1, 0.15) is 5.00 Å². The number of rotatable bonds is 4. The molecule has 1 aromatic carbocycles. The third-order valence-corrected chi connectivity index (χ3v) is 5.91. The van der Waals surface area contributed by atoms with Gasteiger partial charge in [0, 0.05) is 10.4 Å². The number of anilines is 1. The number of nitrogens with one attached hydrogen (secondary N) is 2. The summed E-state index contributed by atoms with van der Waals surface area (Å²) in [7, 11) is 0. The first-order valence-electron chi connectivity index (χ1n) is 9.39. The molecule has 148 valence electrons. The van der Waals surface area contributed by atoms with E-state index in [9.17, 15) is 14.4 Å². The predicted octanol–water partition coefficient (Wildman–Crippen LogP) is 4.32. The number of alkyl carbamates (subject to hydrolysis) is 1. The summed E-state index contributed by atoms with van der Waals surface area (Å²) in [6.45, 7) is 5.94. The molecule has 0 saturated carbocycles. The topological polar surface area (TPSA) is 84.5 Å². The number of thiophene rings is 1. The van der Waals surface area contributed by atoms with Crippen molar-refractivity contribution in [2.75, 3.05) is 11.9 Å². The van der Waals surface area contributed by atoms with Crippen molar-refractivity contribution in [1.82, 2.24) is 5.32 Å². The monoisotopic (exact) mass is 400 g/mol. The minimum absolute atomic E-state index is 0.176. The summed E-state index contributed by atoms with van der Waals surface area (Å²) in [5.74, 6) is -0.294. The van der Waals surface area contributed by atoms with Gasteiger partial charge in [-0.25, -0.2) is 4.79 Å². The van der Waals surface area contributed by atoms with Gasteiger partial charge in [-0.2, -0.15) is 0 Å². The van der Waals surface area contributed by atoms with E-state index in [2.05, 4.69) is 17.6 Å². The number of benzene rings is 1. The molecule has 2 N–H and O–H groups in total. The standard InChI is InChI=1S/C21H24N2O4S/c1-4-27-21(26)23-19(25)17-15-9-8-13(3)11-16(15)28-20(17)22-18(24)14-7-5-6-12(2)10-14/h5-7,10,13H,4,8-9,11H2,1-3H3,(H,22,24)(H,23,25,26)/t13-/m1/s1. The minimum atomic E-state index is -0.785. The van der Waals surface area contributed by atoms with E-state index < -0.39 is 12.0 Å². The molecule has 0 spiro atoms. The zero-order valence-corrected chi connectivity index (χ0v) is 17.1. The van der Waals surface area contributed by atoms with Gasteiger partial charge in [0.2, 0.25) is 0 Å². The van der Waals surface area contributed by atoms with Crippen LogP contribution >= 0.6 is 11.3 Å². The third-order valence-electron chi connectivity index (χ3n) is 4.74. The third kappa shape index (κ3) is 4.42. The molecular formula is C21H24N2O4S. The maximum absolute atomic E-state index is 12.8. The number of carbonyl (C=O) groups is 3. The van der Waals surface area contributed by atoms with Crippen molar-refractivity contribution in [3.05, 3.63) is 51.4 Å². The van der Waals surface area contributed by atoms with Crippen LogP contribution in [0.4, 0.5) is 9.80 Å². The zero-order chi connectivity index (χ0) is 20.3. The Bertz CT molecular complexity index is 919. The van der Waals surface area contributed by atoms with Crippen LogP contribution in [-0.4, -0.2) is 24.5 Å². The van der Waals surface area contributed by atoms with Gasteiger partial charge in [0.25, 0.3) is 11.8 Å². The minimum Gasteiger partial charge on any atom is -0.450 e. The average molecular weight is 401 g/mol. The number of fused-ring (bicyclic) bond motifs is 1. The van der Waals surface area contributed by atoms with Gasteiger partial charge in [-0.05, 0) is 56.7 Å². The van der Waals surface area contributed by atoms with Crippen LogP contribution in [0.25, 0.3) is 0 Å². The van der Waals surface area contributed by atoms with Crippen molar-refractivity contribution in [1.29, 1.82) is 0 Å². The van der Waals surface area contributed by atoms with Crippen LogP contribution in [0.3, 0.4) is 0 Å². The fraction of sp³-hybridized carbons (Fsp3) is 0.381. The number of amides is 3. The molecule has 6 nitrogen and oxygen atoms in total. The first-order chi connectivity index (χ1) is 13.4. The van der Waals surface area contributed by atoms with E-state index in [4.69, 9.17) is 4.74 Å². The summed E-state index contributed by atoms with van der Waals surface area (Å²) in [6.07, 6.45) is 1.79. The van der Waals surface area contributed by atoms with Crippen LogP contribution in [0.2, 0.25) is 0 Å². The van der Waals surface area contributed by atoms with Crippen LogP contribution in [0.15, 0.2) is 24.3 Å². The summed E-state index contributed by atoms with van der Waals surface area (Å²) in [5.41, 5.74) is 2.80. The van der Waals surface area contributed by atoms with Crippen LogP contribution in [0.5, 0.6) is 0 Å². The predicted molar refractivity (Wildman–Crippen MR) is 109 cm³/mol. The lowest BCUT2D eigenvalue weighted by atomic mass is 9.88. The summed E-state index contributed by atoms with van der Waals surface area (Å²) < 4.78 is 4.82. The number of imide groups is 1. The molecule has 28 heavy (non-hydrogen) atoms. The Morgan fingerprint density at radius 2 is 2.04 bits per heavy atom. The largest absolute Gasteiger partial charge is 0.450 e. The van der Waals surface area contributed by atoms with Gasteiger partial charge in [-0.3, -0.25) is 14.9 Å². The molecule has 1 heterocycles. The Kier molecular flexibility index (Phi) is 6.14. The van der Waals surface area contributed by atoms with E-state index in [1.54, 1.807) is 19.1 Å². The van der Waals surface area contributed by atoms with Crippen LogP contribution < -0.4 is 10.6 Å². The lowest BCUT2D eigenvalue weighted by molar-refractivity contribution is 0.0925. The highest BCUT2D eigenvalue weighted by molar-refractivity contribution is 7.17. The average Bonchev–Trinajstić information content (AvgIpc) is 2.98. The van der Waals surface area contributed by atoms with Crippen molar-refractivity contribution in [3.8, 4) is 0 Å². The van der Waals surface area contributed by atoms with Gasteiger partial charge in [0.05, 0.1) is 12.2 Å².